The Balaban J connectivity index is 2.96. The van der Waals surface area contributed by atoms with E-state index in [9.17, 15) is 0 Å². The molecule has 1 rings (SSSR count). The van der Waals surface area contributed by atoms with Crippen molar-refractivity contribution < 1.29 is 0 Å². The maximum atomic E-state index is 3.55. The number of halogens is 1. The quantitative estimate of drug-likeness (QED) is 0.638. The van der Waals surface area contributed by atoms with Gasteiger partial charge in [0.2, 0.25) is 0 Å². The molecule has 94 valence electrons. The van der Waals surface area contributed by atoms with Crippen molar-refractivity contribution in [1.82, 2.24) is 0 Å². The van der Waals surface area contributed by atoms with Gasteiger partial charge in [-0.25, -0.2) is 0 Å². The molecular formula is C16H23Br. The van der Waals surface area contributed by atoms with Crippen LogP contribution >= 0.6 is 15.9 Å². The zero-order valence-electron chi connectivity index (χ0n) is 11.5. The molecule has 0 saturated heterocycles. The van der Waals surface area contributed by atoms with Gasteiger partial charge < -0.3 is 0 Å². The Morgan fingerprint density at radius 1 is 1.29 bits per heavy atom. The third-order valence-electron chi connectivity index (χ3n) is 3.49. The van der Waals surface area contributed by atoms with Crippen molar-refractivity contribution in [2.24, 2.45) is 0 Å². The van der Waals surface area contributed by atoms with Crippen LogP contribution in [0.15, 0.2) is 30.3 Å². The lowest BCUT2D eigenvalue weighted by Gasteiger charge is -2.23. The molecule has 1 atom stereocenters. The number of alkyl halides is 1. The van der Waals surface area contributed by atoms with Gasteiger partial charge in [0.05, 0.1) is 0 Å². The summed E-state index contributed by atoms with van der Waals surface area (Å²) in [5.74, 6) is 0. The van der Waals surface area contributed by atoms with E-state index >= 15 is 0 Å². The van der Waals surface area contributed by atoms with E-state index < -0.39 is 0 Å². The van der Waals surface area contributed by atoms with E-state index in [0.717, 1.165) is 0 Å². The first kappa shape index (κ1) is 14.5. The molecule has 0 spiro atoms. The molecule has 0 radical (unpaired) electrons. The fraction of sp³-hybridized carbons (Fsp3) is 0.500. The predicted octanol–water partition coefficient (Wildman–Crippen LogP) is 5.56. The highest BCUT2D eigenvalue weighted by Gasteiger charge is 2.17. The number of allylic oxidation sites excluding steroid dienone is 2. The van der Waals surface area contributed by atoms with E-state index in [2.05, 4.69) is 80.9 Å². The fourth-order valence-corrected chi connectivity index (χ4v) is 2.23. The van der Waals surface area contributed by atoms with Crippen LogP contribution in [-0.4, -0.2) is 4.83 Å². The van der Waals surface area contributed by atoms with Crippen LogP contribution in [0.1, 0.15) is 52.2 Å². The van der Waals surface area contributed by atoms with Gasteiger partial charge in [0.15, 0.2) is 0 Å². The van der Waals surface area contributed by atoms with Crippen molar-refractivity contribution in [3.8, 4) is 0 Å². The van der Waals surface area contributed by atoms with Gasteiger partial charge in [-0.3, -0.25) is 0 Å². The first-order valence-corrected chi connectivity index (χ1v) is 7.22. The lowest BCUT2D eigenvalue weighted by molar-refractivity contribution is 0.506. The van der Waals surface area contributed by atoms with E-state index in [-0.39, 0.29) is 5.41 Å². The average Bonchev–Trinajstić information content (AvgIpc) is 2.28. The van der Waals surface area contributed by atoms with Gasteiger partial charge in [0, 0.05) is 4.83 Å². The molecule has 1 heteroatoms. The number of rotatable bonds is 4. The van der Waals surface area contributed by atoms with Crippen molar-refractivity contribution in [3.63, 3.8) is 0 Å². The monoisotopic (exact) mass is 294 g/mol. The van der Waals surface area contributed by atoms with Gasteiger partial charge in [0.1, 0.15) is 0 Å². The van der Waals surface area contributed by atoms with E-state index in [4.69, 9.17) is 0 Å². The van der Waals surface area contributed by atoms with E-state index in [0.29, 0.717) is 4.83 Å². The summed E-state index contributed by atoms with van der Waals surface area (Å²) in [5, 5.41) is 0. The van der Waals surface area contributed by atoms with Crippen molar-refractivity contribution >= 4 is 21.5 Å². The summed E-state index contributed by atoms with van der Waals surface area (Å²) in [4.78, 5) is 0.425. The zero-order chi connectivity index (χ0) is 13.1. The summed E-state index contributed by atoms with van der Waals surface area (Å²) in [6.45, 7) is 11.1. The summed E-state index contributed by atoms with van der Waals surface area (Å²) in [7, 11) is 0. The third kappa shape index (κ3) is 3.99. The topological polar surface area (TPSA) is 0 Å². The Bertz CT molecular complexity index is 382. The number of hydrogen-bond acceptors (Lipinski definition) is 0. The summed E-state index contributed by atoms with van der Waals surface area (Å²) in [6.07, 6.45) is 3.40. The van der Waals surface area contributed by atoms with Gasteiger partial charge in [-0.1, -0.05) is 67.0 Å². The van der Waals surface area contributed by atoms with Gasteiger partial charge >= 0.3 is 0 Å². The minimum absolute atomic E-state index is 0.277. The van der Waals surface area contributed by atoms with Crippen LogP contribution < -0.4 is 0 Å². The molecule has 0 fully saturated rings. The largest absolute Gasteiger partial charge is 0.0848 e. The summed E-state index contributed by atoms with van der Waals surface area (Å²) >= 11 is 3.55. The van der Waals surface area contributed by atoms with Crippen molar-refractivity contribution in [2.45, 2.75) is 51.3 Å². The van der Waals surface area contributed by atoms with Crippen molar-refractivity contribution in [3.05, 3.63) is 41.5 Å². The Morgan fingerprint density at radius 2 is 1.82 bits per heavy atom. The molecule has 0 aromatic heterocycles. The van der Waals surface area contributed by atoms with E-state index in [1.807, 2.05) is 0 Å². The van der Waals surface area contributed by atoms with Crippen LogP contribution in [0.4, 0.5) is 0 Å². The fourth-order valence-electron chi connectivity index (χ4n) is 1.83. The predicted molar refractivity (Wildman–Crippen MR) is 81.8 cm³/mol. The molecule has 0 saturated carbocycles. The van der Waals surface area contributed by atoms with E-state index in [1.165, 1.54) is 23.1 Å². The molecule has 0 heterocycles. The van der Waals surface area contributed by atoms with Gasteiger partial charge in [-0.2, -0.15) is 0 Å². The van der Waals surface area contributed by atoms with Crippen molar-refractivity contribution in [1.29, 1.82) is 0 Å². The number of benzene rings is 1. The summed E-state index contributed by atoms with van der Waals surface area (Å²) in [5.41, 5.74) is 4.34. The lowest BCUT2D eigenvalue weighted by Crippen LogP contribution is -2.15. The van der Waals surface area contributed by atoms with Gasteiger partial charge in [-0.05, 0) is 42.4 Å². The molecule has 1 aromatic rings. The normalized spacial score (nSPS) is 14.8. The molecule has 1 aromatic carbocycles. The molecule has 0 N–H and O–H groups in total. The Morgan fingerprint density at radius 3 is 2.24 bits per heavy atom. The Labute approximate surface area is 114 Å². The first-order chi connectivity index (χ1) is 7.86. The maximum absolute atomic E-state index is 3.55. The number of hydrogen-bond donors (Lipinski definition) is 0. The minimum atomic E-state index is 0.277. The molecular weight excluding hydrogens is 272 g/mol. The maximum Gasteiger partial charge on any atom is 0.0302 e. The van der Waals surface area contributed by atoms with Gasteiger partial charge in [0.25, 0.3) is 0 Å². The van der Waals surface area contributed by atoms with Crippen LogP contribution in [0.3, 0.4) is 0 Å². The Kier molecular flexibility index (Phi) is 5.00. The van der Waals surface area contributed by atoms with Crippen LogP contribution in [0.5, 0.6) is 0 Å². The molecule has 0 amide bonds. The molecule has 0 bridgehead atoms. The van der Waals surface area contributed by atoms with Crippen LogP contribution in [-0.2, 0) is 5.41 Å². The molecule has 0 aliphatic carbocycles. The Hall–Kier alpha value is -0.560. The second kappa shape index (κ2) is 5.86. The molecule has 1 unspecified atom stereocenters. The minimum Gasteiger partial charge on any atom is -0.0848 e. The van der Waals surface area contributed by atoms with Crippen LogP contribution in [0.25, 0.3) is 5.57 Å². The molecule has 0 aliphatic heterocycles. The average molecular weight is 295 g/mol. The standard InChI is InChI=1S/C16H23Br/c1-6-16(4,5)15-9-7-14(8-10-15)12(2)11-13(3)17/h7-11,13H,6H2,1-5H3. The lowest BCUT2D eigenvalue weighted by atomic mass is 9.82. The molecule has 0 aliphatic rings. The second-order valence-electron chi connectivity index (χ2n) is 5.34. The van der Waals surface area contributed by atoms with E-state index in [1.54, 1.807) is 0 Å². The summed E-state index contributed by atoms with van der Waals surface area (Å²) in [6, 6.07) is 8.98. The SMILES string of the molecule is CCC(C)(C)c1ccc(C(C)=CC(C)Br)cc1. The third-order valence-corrected chi connectivity index (χ3v) is 3.75. The molecule has 17 heavy (non-hydrogen) atoms. The van der Waals surface area contributed by atoms with Crippen molar-refractivity contribution in [2.75, 3.05) is 0 Å². The van der Waals surface area contributed by atoms with Gasteiger partial charge in [-0.15, -0.1) is 0 Å². The van der Waals surface area contributed by atoms with Crippen LogP contribution in [0.2, 0.25) is 0 Å². The highest BCUT2D eigenvalue weighted by atomic mass is 79.9. The highest BCUT2D eigenvalue weighted by Crippen LogP contribution is 2.28. The molecule has 0 nitrogen and oxygen atoms in total. The second-order valence-corrected chi connectivity index (χ2v) is 6.79. The summed E-state index contributed by atoms with van der Waals surface area (Å²) < 4.78 is 0. The highest BCUT2D eigenvalue weighted by molar-refractivity contribution is 9.09. The first-order valence-electron chi connectivity index (χ1n) is 6.30. The smallest absolute Gasteiger partial charge is 0.0302 e. The zero-order valence-corrected chi connectivity index (χ0v) is 13.1. The van der Waals surface area contributed by atoms with Crippen LogP contribution in [0, 0.1) is 0 Å².